The minimum atomic E-state index is -0.186. The molecule has 34 heavy (non-hydrogen) atoms. The lowest BCUT2D eigenvalue weighted by molar-refractivity contribution is 0.630. The Labute approximate surface area is 203 Å². The predicted molar refractivity (Wildman–Crippen MR) is 148 cm³/mol. The highest BCUT2D eigenvalue weighted by Crippen LogP contribution is 2.39. The highest BCUT2D eigenvalue weighted by Gasteiger charge is 2.10. The quantitative estimate of drug-likeness (QED) is 0.216. The molecule has 0 atom stereocenters. The van der Waals surface area contributed by atoms with Gasteiger partial charge in [-0.3, -0.25) is 0 Å². The molecule has 0 nitrogen and oxygen atoms in total. The van der Waals surface area contributed by atoms with Gasteiger partial charge in [0.05, 0.1) is 0 Å². The Bertz CT molecular complexity index is 1640. The van der Waals surface area contributed by atoms with Crippen LogP contribution in [0.5, 0.6) is 0 Å². The average molecular weight is 463 g/mol. The Kier molecular flexibility index (Phi) is 5.55. The number of rotatable bonds is 6. The van der Waals surface area contributed by atoms with Gasteiger partial charge < -0.3 is 0 Å². The van der Waals surface area contributed by atoms with Gasteiger partial charge in [-0.1, -0.05) is 68.7 Å². The van der Waals surface area contributed by atoms with Crippen molar-refractivity contribution in [2.24, 2.45) is 0 Å². The third kappa shape index (κ3) is 3.97. The lowest BCUT2D eigenvalue weighted by atomic mass is 9.98. The van der Waals surface area contributed by atoms with Crippen LogP contribution < -0.4 is 0 Å². The molecule has 1 heterocycles. The molecule has 0 aliphatic carbocycles. The van der Waals surface area contributed by atoms with Crippen molar-refractivity contribution in [1.29, 1.82) is 0 Å². The summed E-state index contributed by atoms with van der Waals surface area (Å²) < 4.78 is 16.3. The van der Waals surface area contributed by atoms with E-state index < -0.39 is 0 Å². The molecule has 0 aliphatic heterocycles. The number of hydrogen-bond acceptors (Lipinski definition) is 1. The summed E-state index contributed by atoms with van der Waals surface area (Å²) in [5, 5.41) is 6.99. The van der Waals surface area contributed by atoms with E-state index in [0.717, 1.165) is 10.8 Å². The van der Waals surface area contributed by atoms with Crippen molar-refractivity contribution in [3.8, 4) is 11.1 Å². The van der Waals surface area contributed by atoms with Gasteiger partial charge >= 0.3 is 0 Å². The number of thiophene rings is 1. The summed E-state index contributed by atoms with van der Waals surface area (Å²) >= 11 is 1.82. The van der Waals surface area contributed by atoms with E-state index in [2.05, 4.69) is 73.7 Å². The lowest BCUT2D eigenvalue weighted by Gasteiger charge is -2.07. The van der Waals surface area contributed by atoms with E-state index in [1.807, 2.05) is 17.4 Å². The third-order valence-corrected chi connectivity index (χ3v) is 8.07. The zero-order valence-electron chi connectivity index (χ0n) is 19.4. The Morgan fingerprint density at radius 3 is 2.03 bits per heavy atom. The van der Waals surface area contributed by atoms with Crippen molar-refractivity contribution in [2.75, 3.05) is 0 Å². The van der Waals surface area contributed by atoms with E-state index >= 15 is 0 Å². The van der Waals surface area contributed by atoms with Gasteiger partial charge in [0.15, 0.2) is 0 Å². The second-order valence-corrected chi connectivity index (χ2v) is 10.4. The molecule has 0 saturated carbocycles. The topological polar surface area (TPSA) is 0 Å². The molecule has 0 bridgehead atoms. The van der Waals surface area contributed by atoms with E-state index in [0.29, 0.717) is 0 Å². The molecule has 1 aromatic heterocycles. The molecule has 0 N–H and O–H groups in total. The van der Waals surface area contributed by atoms with Crippen molar-refractivity contribution >= 4 is 53.1 Å². The first-order chi connectivity index (χ1) is 16.7. The van der Waals surface area contributed by atoms with Gasteiger partial charge in [-0.05, 0) is 93.5 Å². The molecule has 5 aromatic carbocycles. The van der Waals surface area contributed by atoms with Gasteiger partial charge in [0.2, 0.25) is 0 Å². The number of fused-ring (bicyclic) bond motifs is 5. The fourth-order valence-electron chi connectivity index (χ4n) is 5.03. The molecule has 6 aromatic rings. The first kappa shape index (κ1) is 21.3. The van der Waals surface area contributed by atoms with Gasteiger partial charge in [0.1, 0.15) is 5.82 Å². The van der Waals surface area contributed by atoms with Crippen LogP contribution in [0, 0.1) is 5.82 Å². The summed E-state index contributed by atoms with van der Waals surface area (Å²) in [5.41, 5.74) is 3.95. The number of halogens is 1. The minimum absolute atomic E-state index is 0.186. The van der Waals surface area contributed by atoms with E-state index in [-0.39, 0.29) is 5.82 Å². The Balaban J connectivity index is 1.36. The largest absolute Gasteiger partial charge is 0.207 e. The fraction of sp³-hybridized carbons (Fsp3) is 0.188. The molecule has 0 radical (unpaired) electrons. The van der Waals surface area contributed by atoms with E-state index in [1.54, 1.807) is 6.07 Å². The second kappa shape index (κ2) is 8.85. The average Bonchev–Trinajstić information content (AvgIpc) is 3.20. The lowest BCUT2D eigenvalue weighted by Crippen LogP contribution is -1.86. The molecule has 0 saturated heterocycles. The smallest absolute Gasteiger partial charge is 0.123 e. The maximum Gasteiger partial charge on any atom is 0.123 e. The third-order valence-electron chi connectivity index (χ3n) is 6.96. The van der Waals surface area contributed by atoms with Crippen LogP contribution in [-0.4, -0.2) is 0 Å². The van der Waals surface area contributed by atoms with Crippen LogP contribution in [0.4, 0.5) is 4.39 Å². The number of unbranched alkanes of at least 4 members (excludes halogenated alkanes) is 3. The molecule has 0 spiro atoms. The Hall–Kier alpha value is -3.23. The van der Waals surface area contributed by atoms with E-state index in [9.17, 15) is 4.39 Å². The van der Waals surface area contributed by atoms with Gasteiger partial charge in [-0.2, -0.15) is 0 Å². The molecule has 0 amide bonds. The summed E-state index contributed by atoms with van der Waals surface area (Å²) in [4.78, 5) is 0. The highest BCUT2D eigenvalue weighted by molar-refractivity contribution is 7.26. The summed E-state index contributed by atoms with van der Waals surface area (Å²) in [5.74, 6) is -0.186. The van der Waals surface area contributed by atoms with Crippen LogP contribution in [-0.2, 0) is 6.42 Å². The van der Waals surface area contributed by atoms with Crippen LogP contribution in [0.2, 0.25) is 0 Å². The van der Waals surface area contributed by atoms with E-state index in [4.69, 9.17) is 0 Å². The molecular formula is C32H27FS. The number of hydrogen-bond donors (Lipinski definition) is 0. The molecule has 0 fully saturated rings. The SMILES string of the molecule is CCCCCCc1ccc(-c2ccc3cc4c(cc3c2)sc2cc3ccc(F)cc3cc24)cc1. The number of aryl methyl sites for hydroxylation is 1. The van der Waals surface area contributed by atoms with Crippen molar-refractivity contribution < 1.29 is 4.39 Å². The van der Waals surface area contributed by atoms with Crippen molar-refractivity contribution in [3.63, 3.8) is 0 Å². The molecular weight excluding hydrogens is 435 g/mol. The first-order valence-electron chi connectivity index (χ1n) is 12.3. The molecule has 0 aliphatic rings. The Morgan fingerprint density at radius 1 is 0.588 bits per heavy atom. The molecule has 168 valence electrons. The van der Waals surface area contributed by atoms with Crippen molar-refractivity contribution in [1.82, 2.24) is 0 Å². The van der Waals surface area contributed by atoms with Crippen molar-refractivity contribution in [3.05, 3.63) is 96.3 Å². The van der Waals surface area contributed by atoms with Crippen molar-refractivity contribution in [2.45, 2.75) is 39.0 Å². The zero-order valence-corrected chi connectivity index (χ0v) is 20.2. The van der Waals surface area contributed by atoms with Gasteiger partial charge in [-0.25, -0.2) is 4.39 Å². The zero-order chi connectivity index (χ0) is 23.1. The van der Waals surface area contributed by atoms with Crippen LogP contribution in [0.1, 0.15) is 38.2 Å². The molecule has 6 rings (SSSR count). The highest BCUT2D eigenvalue weighted by atomic mass is 32.1. The standard InChI is InChI=1S/C32H27FS/c1-2-3-4-5-6-21-7-9-22(10-8-21)23-11-12-24-17-29-30-18-27-16-28(33)14-13-25(27)19-31(30)34-32(29)20-26(24)15-23/h7-20H,2-6H2,1H3. The normalized spacial score (nSPS) is 11.8. The van der Waals surface area contributed by atoms with Crippen LogP contribution in [0.3, 0.4) is 0 Å². The summed E-state index contributed by atoms with van der Waals surface area (Å²) in [6, 6.07) is 29.8. The van der Waals surface area contributed by atoms with Gasteiger partial charge in [0.25, 0.3) is 0 Å². The maximum absolute atomic E-state index is 13.8. The van der Waals surface area contributed by atoms with Crippen LogP contribution in [0.25, 0.3) is 52.8 Å². The van der Waals surface area contributed by atoms with E-state index in [1.165, 1.54) is 85.8 Å². The minimum Gasteiger partial charge on any atom is -0.207 e. The van der Waals surface area contributed by atoms with Gasteiger partial charge in [-0.15, -0.1) is 11.3 Å². The molecule has 2 heteroatoms. The maximum atomic E-state index is 13.8. The monoisotopic (exact) mass is 462 g/mol. The Morgan fingerprint density at radius 2 is 1.24 bits per heavy atom. The predicted octanol–water partition coefficient (Wildman–Crippen LogP) is 10.3. The summed E-state index contributed by atoms with van der Waals surface area (Å²) in [6.07, 6.45) is 6.38. The van der Waals surface area contributed by atoms with Gasteiger partial charge in [0, 0.05) is 20.2 Å². The second-order valence-electron chi connectivity index (χ2n) is 9.36. The fourth-order valence-corrected chi connectivity index (χ4v) is 6.20. The van der Waals surface area contributed by atoms with Crippen LogP contribution >= 0.6 is 11.3 Å². The molecule has 0 unspecified atom stereocenters. The van der Waals surface area contributed by atoms with Crippen LogP contribution in [0.15, 0.2) is 84.9 Å². The first-order valence-corrected chi connectivity index (χ1v) is 13.1. The summed E-state index contributed by atoms with van der Waals surface area (Å²) in [7, 11) is 0. The summed E-state index contributed by atoms with van der Waals surface area (Å²) in [6.45, 7) is 2.26. The number of benzene rings is 5.